The van der Waals surface area contributed by atoms with Crippen LogP contribution in [0.3, 0.4) is 0 Å². The molecule has 0 aromatic carbocycles. The number of fused-ring (bicyclic) bond motifs is 1. The van der Waals surface area contributed by atoms with Gasteiger partial charge in [0.15, 0.2) is 0 Å². The van der Waals surface area contributed by atoms with Gasteiger partial charge in [-0.05, 0) is 19.3 Å². The first-order chi connectivity index (χ1) is 10.4. The van der Waals surface area contributed by atoms with E-state index in [1.807, 2.05) is 6.20 Å². The van der Waals surface area contributed by atoms with Crippen molar-refractivity contribution in [3.8, 4) is 0 Å². The van der Waals surface area contributed by atoms with Gasteiger partial charge in [-0.3, -0.25) is 0 Å². The summed E-state index contributed by atoms with van der Waals surface area (Å²) in [6.45, 7) is 1.90. The summed E-state index contributed by atoms with van der Waals surface area (Å²) in [5.74, 6) is 1.73. The van der Waals surface area contributed by atoms with Crippen molar-refractivity contribution in [2.24, 2.45) is 0 Å². The van der Waals surface area contributed by atoms with Gasteiger partial charge in [0, 0.05) is 37.5 Å². The van der Waals surface area contributed by atoms with Crippen LogP contribution in [0.1, 0.15) is 44.1 Å². The van der Waals surface area contributed by atoms with E-state index in [1.54, 1.807) is 0 Å². The van der Waals surface area contributed by atoms with Gasteiger partial charge in [-0.15, -0.1) is 0 Å². The minimum absolute atomic E-state index is 0.216. The molecular formula is C16H24N4O. The summed E-state index contributed by atoms with van der Waals surface area (Å²) in [5.41, 5.74) is 1.06. The van der Waals surface area contributed by atoms with Crippen molar-refractivity contribution in [2.75, 3.05) is 29.9 Å². The lowest BCUT2D eigenvalue weighted by Gasteiger charge is -2.28. The highest BCUT2D eigenvalue weighted by Crippen LogP contribution is 2.26. The second-order valence-electron chi connectivity index (χ2n) is 5.88. The van der Waals surface area contributed by atoms with Crippen molar-refractivity contribution >= 4 is 17.8 Å². The Hall–Kier alpha value is -1.62. The Labute approximate surface area is 126 Å². The van der Waals surface area contributed by atoms with Crippen LogP contribution in [0.4, 0.5) is 11.8 Å². The number of aromatic nitrogens is 2. The fraction of sp³-hybridized carbons (Fsp3) is 0.625. The van der Waals surface area contributed by atoms with Crippen LogP contribution < -0.4 is 10.2 Å². The van der Waals surface area contributed by atoms with E-state index in [-0.39, 0.29) is 6.61 Å². The summed E-state index contributed by atoms with van der Waals surface area (Å²) >= 11 is 0. The van der Waals surface area contributed by atoms with Crippen molar-refractivity contribution in [1.82, 2.24) is 9.97 Å². The van der Waals surface area contributed by atoms with Crippen molar-refractivity contribution in [2.45, 2.75) is 44.6 Å². The van der Waals surface area contributed by atoms with E-state index in [0.29, 0.717) is 6.04 Å². The third-order valence-electron chi connectivity index (χ3n) is 4.24. The van der Waals surface area contributed by atoms with Crippen LogP contribution in [0.15, 0.2) is 12.3 Å². The molecule has 0 unspecified atom stereocenters. The Bertz CT molecular complexity index is 497. The molecule has 2 N–H and O–H groups in total. The molecule has 1 saturated carbocycles. The molecule has 0 saturated heterocycles. The van der Waals surface area contributed by atoms with Crippen LogP contribution in [0, 0.1) is 0 Å². The van der Waals surface area contributed by atoms with E-state index in [9.17, 15) is 0 Å². The van der Waals surface area contributed by atoms with Crippen LogP contribution in [0.25, 0.3) is 6.08 Å². The molecule has 21 heavy (non-hydrogen) atoms. The molecule has 1 aromatic rings. The Morgan fingerprint density at radius 2 is 2.14 bits per heavy atom. The van der Waals surface area contributed by atoms with Crippen LogP contribution in [0.5, 0.6) is 0 Å². The highest BCUT2D eigenvalue weighted by atomic mass is 16.3. The van der Waals surface area contributed by atoms with Gasteiger partial charge < -0.3 is 15.3 Å². The summed E-state index contributed by atoms with van der Waals surface area (Å²) in [4.78, 5) is 11.4. The third-order valence-corrected chi connectivity index (χ3v) is 4.24. The van der Waals surface area contributed by atoms with Gasteiger partial charge >= 0.3 is 0 Å². The predicted octanol–water partition coefficient (Wildman–Crippen LogP) is 2.44. The zero-order chi connectivity index (χ0) is 14.5. The number of rotatable bonds is 5. The monoisotopic (exact) mass is 288 g/mol. The number of hydrogen-bond acceptors (Lipinski definition) is 5. The highest BCUT2D eigenvalue weighted by Gasteiger charge is 2.18. The predicted molar refractivity (Wildman–Crippen MR) is 85.5 cm³/mol. The molecule has 1 aliphatic carbocycles. The Morgan fingerprint density at radius 3 is 2.95 bits per heavy atom. The Morgan fingerprint density at radius 1 is 1.29 bits per heavy atom. The molecular weight excluding hydrogens is 264 g/mol. The lowest BCUT2D eigenvalue weighted by molar-refractivity contribution is 0.290. The number of nitrogens with zero attached hydrogens (tertiary/aromatic N) is 3. The molecule has 0 amide bonds. The van der Waals surface area contributed by atoms with Crippen LogP contribution in [-0.4, -0.2) is 40.8 Å². The first kappa shape index (κ1) is 14.3. The maximum absolute atomic E-state index is 9.03. The second kappa shape index (κ2) is 6.89. The van der Waals surface area contributed by atoms with Crippen molar-refractivity contribution in [3.63, 3.8) is 0 Å². The Kier molecular flexibility index (Phi) is 4.70. The summed E-state index contributed by atoms with van der Waals surface area (Å²) < 4.78 is 0. The molecule has 5 heteroatoms. The van der Waals surface area contributed by atoms with E-state index < -0.39 is 0 Å². The number of nitrogens with one attached hydrogen (secondary N) is 1. The largest absolute Gasteiger partial charge is 0.396 e. The van der Waals surface area contributed by atoms with E-state index in [1.165, 1.54) is 32.1 Å². The second-order valence-corrected chi connectivity index (χ2v) is 5.88. The molecule has 1 aromatic heterocycles. The molecule has 5 nitrogen and oxygen atoms in total. The van der Waals surface area contributed by atoms with Crippen molar-refractivity contribution in [3.05, 3.63) is 17.8 Å². The van der Waals surface area contributed by atoms with Gasteiger partial charge in [0.25, 0.3) is 0 Å². The van der Waals surface area contributed by atoms with E-state index in [2.05, 4.69) is 27.4 Å². The normalized spacial score (nSPS) is 18.6. The van der Waals surface area contributed by atoms with Crippen LogP contribution >= 0.6 is 0 Å². The maximum atomic E-state index is 9.03. The smallest absolute Gasteiger partial charge is 0.224 e. The van der Waals surface area contributed by atoms with Gasteiger partial charge in [0.05, 0.1) is 0 Å². The average Bonchev–Trinajstić information content (AvgIpc) is 2.54. The van der Waals surface area contributed by atoms with Crippen LogP contribution in [-0.2, 0) is 0 Å². The lowest BCUT2D eigenvalue weighted by atomic mass is 9.96. The molecule has 0 atom stereocenters. The molecule has 0 bridgehead atoms. The zero-order valence-electron chi connectivity index (χ0n) is 12.5. The van der Waals surface area contributed by atoms with Gasteiger partial charge in [0.2, 0.25) is 5.95 Å². The van der Waals surface area contributed by atoms with Crippen molar-refractivity contribution in [1.29, 1.82) is 0 Å². The van der Waals surface area contributed by atoms with E-state index >= 15 is 0 Å². The standard InChI is InChI=1S/C16H24N4O/c21-11-5-10-20-9-4-6-13-12-17-16(19-15(13)20)18-14-7-2-1-3-8-14/h4,6,12,14,21H,1-3,5,7-11H2,(H,17,18,19). The number of aliphatic hydroxyl groups is 1. The summed E-state index contributed by atoms with van der Waals surface area (Å²) in [6.07, 6.45) is 13.2. The first-order valence-corrected chi connectivity index (χ1v) is 8.03. The van der Waals surface area contributed by atoms with Crippen molar-refractivity contribution < 1.29 is 5.11 Å². The summed E-state index contributed by atoms with van der Waals surface area (Å²) in [7, 11) is 0. The zero-order valence-corrected chi connectivity index (χ0v) is 12.5. The molecule has 0 spiro atoms. The molecule has 114 valence electrons. The highest BCUT2D eigenvalue weighted by molar-refractivity contribution is 5.68. The van der Waals surface area contributed by atoms with Crippen LogP contribution in [0.2, 0.25) is 0 Å². The number of anilines is 2. The minimum Gasteiger partial charge on any atom is -0.396 e. The minimum atomic E-state index is 0.216. The van der Waals surface area contributed by atoms with Gasteiger partial charge in [-0.2, -0.15) is 4.98 Å². The fourth-order valence-corrected chi connectivity index (χ4v) is 3.10. The molecule has 3 rings (SSSR count). The number of hydrogen-bond donors (Lipinski definition) is 2. The molecule has 1 fully saturated rings. The molecule has 0 radical (unpaired) electrons. The molecule has 2 heterocycles. The number of aliphatic hydroxyl groups excluding tert-OH is 1. The third kappa shape index (κ3) is 3.53. The summed E-state index contributed by atoms with van der Waals surface area (Å²) in [5, 5.41) is 12.5. The van der Waals surface area contributed by atoms with Gasteiger partial charge in [-0.1, -0.05) is 31.4 Å². The maximum Gasteiger partial charge on any atom is 0.224 e. The van der Waals surface area contributed by atoms with E-state index in [4.69, 9.17) is 10.1 Å². The van der Waals surface area contributed by atoms with E-state index in [0.717, 1.165) is 36.8 Å². The molecule has 1 aliphatic heterocycles. The first-order valence-electron chi connectivity index (χ1n) is 8.03. The fourth-order valence-electron chi connectivity index (χ4n) is 3.10. The Balaban J connectivity index is 1.73. The topological polar surface area (TPSA) is 61.3 Å². The quantitative estimate of drug-likeness (QED) is 0.871. The lowest BCUT2D eigenvalue weighted by Crippen LogP contribution is -2.30. The van der Waals surface area contributed by atoms with Gasteiger partial charge in [0.1, 0.15) is 5.82 Å². The average molecular weight is 288 g/mol. The SMILES string of the molecule is OCCCN1CC=Cc2cnc(NC3CCCCC3)nc21. The molecule has 2 aliphatic rings. The summed E-state index contributed by atoms with van der Waals surface area (Å²) in [6, 6.07) is 0.516. The van der Waals surface area contributed by atoms with Gasteiger partial charge in [-0.25, -0.2) is 4.98 Å².